The molecule has 0 radical (unpaired) electrons. The van der Waals surface area contributed by atoms with Crippen LogP contribution in [0.4, 0.5) is 38.4 Å². The molecule has 4 aromatic rings. The second-order valence-corrected chi connectivity index (χ2v) is 35.2. The third-order valence-electron chi connectivity index (χ3n) is 23.8. The van der Waals surface area contributed by atoms with Gasteiger partial charge in [-0.2, -0.15) is 33.7 Å². The molecular formula is C62H72Mg4N16O24S4+8. The molecule has 4 aromatic carbocycles. The smallest absolute Gasteiger partial charge is 0.493 e. The van der Waals surface area contributed by atoms with E-state index in [2.05, 4.69) is 0 Å². The Bertz CT molecular complexity index is 4560. The van der Waals surface area contributed by atoms with Crippen LogP contribution in [-0.2, 0) is 66.7 Å². The van der Waals surface area contributed by atoms with Crippen molar-refractivity contribution in [2.45, 2.75) is 127 Å². The Morgan fingerprint density at radius 1 is 0.309 bits per heavy atom. The maximum Gasteiger partial charge on any atom is 2.00 e. The van der Waals surface area contributed by atoms with Gasteiger partial charge in [-0.25, -0.2) is 38.4 Å². The van der Waals surface area contributed by atoms with Crippen LogP contribution in [0.5, 0.6) is 23.0 Å². The number of benzene rings is 4. The average Bonchev–Trinajstić information content (AvgIpc) is 1.49. The van der Waals surface area contributed by atoms with Gasteiger partial charge in [-0.1, -0.05) is 48.5 Å². The van der Waals surface area contributed by atoms with Gasteiger partial charge in [0.15, 0.2) is 47.3 Å². The van der Waals surface area contributed by atoms with Crippen LogP contribution in [0.25, 0.3) is 21.5 Å². The van der Waals surface area contributed by atoms with Gasteiger partial charge in [0, 0.05) is 43.8 Å². The maximum absolute atomic E-state index is 15.9. The van der Waals surface area contributed by atoms with Gasteiger partial charge in [0.1, 0.15) is 63.0 Å². The third kappa shape index (κ3) is 11.6. The Hall–Kier alpha value is -6.54. The Morgan fingerprint density at radius 3 is 0.682 bits per heavy atom. The van der Waals surface area contributed by atoms with Gasteiger partial charge in [0.2, 0.25) is 0 Å². The zero-order chi connectivity index (χ0) is 75.1. The summed E-state index contributed by atoms with van der Waals surface area (Å²) in [6.45, 7) is 0.762. The van der Waals surface area contributed by atoms with E-state index in [1.807, 2.05) is 0 Å². The number of hydrogen-bond donors (Lipinski definition) is 4. The minimum absolute atomic E-state index is 0. The summed E-state index contributed by atoms with van der Waals surface area (Å²) >= 11 is 0. The van der Waals surface area contributed by atoms with E-state index in [1.54, 1.807) is 76.2 Å². The zero-order valence-corrected chi connectivity index (χ0v) is 69.0. The topological polar surface area (TPSA) is 443 Å². The van der Waals surface area contributed by atoms with Crippen molar-refractivity contribution in [3.05, 3.63) is 70.8 Å². The number of ether oxygens (including phenoxy) is 4. The largest absolute Gasteiger partial charge is 2.00 e. The van der Waals surface area contributed by atoms with Gasteiger partial charge in [0.25, 0.3) is 40.5 Å². The van der Waals surface area contributed by atoms with Crippen LogP contribution in [0, 0.1) is 0 Å². The Labute approximate surface area is 694 Å². The predicted molar refractivity (Wildman–Crippen MR) is 382 cm³/mol. The summed E-state index contributed by atoms with van der Waals surface area (Å²) in [5.74, 6) is -1.97. The van der Waals surface area contributed by atoms with E-state index in [0.717, 1.165) is 0 Å². The first-order chi connectivity index (χ1) is 49.9. The summed E-state index contributed by atoms with van der Waals surface area (Å²) in [6.07, 6.45) is -5.96. The summed E-state index contributed by atoms with van der Waals surface area (Å²) in [5.41, 5.74) is -5.70. The average molecular weight is 1650 g/mol. The minimum atomic E-state index is -4.43. The van der Waals surface area contributed by atoms with Crippen LogP contribution in [0.3, 0.4) is 0 Å². The molecule has 110 heavy (non-hydrogen) atoms. The van der Waals surface area contributed by atoms with Crippen molar-refractivity contribution in [1.29, 1.82) is 0 Å². The molecule has 13 heterocycles. The number of urea groups is 8. The normalized spacial score (nSPS) is 27.3. The summed E-state index contributed by atoms with van der Waals surface area (Å²) in [5, 5.41) is 1.65. The number of carbonyl (C=O) groups excluding carboxylic acids is 8. The van der Waals surface area contributed by atoms with E-state index in [4.69, 9.17) is 18.9 Å². The van der Waals surface area contributed by atoms with Gasteiger partial charge >= 0.3 is 140 Å². The minimum Gasteiger partial charge on any atom is -0.493 e. The van der Waals surface area contributed by atoms with Crippen LogP contribution in [0.2, 0.25) is 0 Å². The fraction of sp³-hybridized carbons (Fsp3) is 0.548. The second-order valence-electron chi connectivity index (χ2n) is 28.9. The molecule has 13 aliphatic rings. The molecule has 13 aliphatic heterocycles. The molecule has 0 bridgehead atoms. The van der Waals surface area contributed by atoms with Crippen LogP contribution in [0.1, 0.15) is 75.6 Å². The van der Waals surface area contributed by atoms with Crippen LogP contribution in [0.15, 0.2) is 48.5 Å². The summed E-state index contributed by atoms with van der Waals surface area (Å²) in [4.78, 5) is 148. The van der Waals surface area contributed by atoms with Gasteiger partial charge < -0.3 is 18.9 Å². The molecule has 0 aliphatic carbocycles. The fourth-order valence-corrected chi connectivity index (χ4v) is 20.5. The summed E-state index contributed by atoms with van der Waals surface area (Å²) in [7, 11) is -17.7. The molecule has 16 amide bonds. The van der Waals surface area contributed by atoms with Gasteiger partial charge in [-0.15, -0.1) is 0 Å². The first-order valence-electron chi connectivity index (χ1n) is 34.0. The predicted octanol–water partition coefficient (Wildman–Crippen LogP) is 0.680. The summed E-state index contributed by atoms with van der Waals surface area (Å²) in [6, 6.07) is 7.64. The SMILES string of the molecule is CC12N3Cc4c(c(OCCCS(=O)(=O)O)c5ccccc5c4OCCCS(=O)(=O)O)CN1C(=O)N1CN4C(=O)N5CN6C(=O)N7CN8C(=O)N9Cc%10c(c(OCCCS(=O)(=O)O)c%11ccccc%11c%10OCCCS(=O)(=O)O)CN%10C(=O)N(CN%11C(=O)N(CN%12C(=O)N(CN(C3=O)C12C)C4C%125)C6C%117)C8(C)C%109C.[Mg+2].[Mg+2].[Mg+2].[Mg+2]. The molecule has 568 valence electrons. The molecule has 40 nitrogen and oxygen atoms in total. The van der Waals surface area contributed by atoms with Gasteiger partial charge in [0.05, 0.1) is 75.6 Å². The Balaban J connectivity index is 0.00000266. The van der Waals surface area contributed by atoms with Crippen molar-refractivity contribution in [3.8, 4) is 23.0 Å². The van der Waals surface area contributed by atoms with E-state index in [1.165, 1.54) is 78.4 Å². The van der Waals surface area contributed by atoms with Crippen LogP contribution >= 0.6 is 0 Å². The van der Waals surface area contributed by atoms with Crippen molar-refractivity contribution < 1.29 is 109 Å². The molecule has 11 saturated heterocycles. The monoisotopic (exact) mass is 1650 g/mol. The fourth-order valence-electron chi connectivity index (χ4n) is 18.6. The van der Waals surface area contributed by atoms with E-state index in [0.29, 0.717) is 43.8 Å². The Kier molecular flexibility index (Phi) is 20.5. The number of fused-ring (bicyclic) bond motifs is 4. The van der Waals surface area contributed by atoms with E-state index in [-0.39, 0.29) is 193 Å². The molecule has 0 spiro atoms. The number of hydrogen-bond acceptors (Lipinski definition) is 20. The Morgan fingerprint density at radius 2 is 0.491 bits per heavy atom. The van der Waals surface area contributed by atoms with Gasteiger partial charge in [-0.05, 0) is 53.4 Å². The maximum atomic E-state index is 15.9. The third-order valence-corrected chi connectivity index (χ3v) is 27.0. The van der Waals surface area contributed by atoms with E-state index < -0.39 is 199 Å². The molecule has 4 N–H and O–H groups in total. The van der Waals surface area contributed by atoms with Crippen LogP contribution < -0.4 is 18.9 Å². The second kappa shape index (κ2) is 27.6. The molecule has 0 aromatic heterocycles. The molecule has 17 rings (SSSR count). The van der Waals surface area contributed by atoms with Crippen molar-refractivity contribution in [2.75, 3.05) is 89.5 Å². The standard InChI is InChI=1S/C62H72N16O24S4.4Mg/c1-59-61(3)75-31-67-49-47-63(51(67)79)29-65-48-50-69(53(65)81)33-77-57(85)73-27-41-42(46(102-20-12-24-106(96,97)98)38-16-8-7-15-37(38)45(41)101-19-11-23-105(93,94)95)28-74-58(86)78(62(77,4)60(73,74)2)34-70(50)54(82)66(48)30-64(47)52(80)68(49)32-76(61)56(84)72(59)26-40-39(25-71(59)55(75)83)43(99-17-9-21-103(87,88)89)35-13-5-6-14-36(35)44(40)100-18-10-22-104(90,91)92;;;;/h5-8,13-16,47-50H,9-12,17-34H2,1-4H3,(H,87,88,89)(H,90,91,92)(H,93,94,95)(H,96,97,98);;;;/q;4*+2. The first-order valence-corrected chi connectivity index (χ1v) is 40.5. The number of rotatable bonds is 20. The molecule has 0 unspecified atom stereocenters. The van der Waals surface area contributed by atoms with E-state index >= 15 is 38.4 Å². The molecule has 11 fully saturated rings. The number of nitrogens with zero attached hydrogens (tertiary/aromatic N) is 16. The van der Waals surface area contributed by atoms with Crippen LogP contribution in [-0.4, -0.2) is 408 Å². The van der Waals surface area contributed by atoms with Crippen molar-refractivity contribution in [3.63, 3.8) is 0 Å². The first kappa shape index (κ1) is 81.5. The van der Waals surface area contributed by atoms with Crippen molar-refractivity contribution >= 4 is 202 Å². The molecule has 0 atom stereocenters. The number of amides is 16. The summed E-state index contributed by atoms with van der Waals surface area (Å²) < 4.78 is 159. The molecular weight excluding hydrogens is 1580 g/mol. The zero-order valence-electron chi connectivity index (χ0n) is 60.1. The number of carbonyl (C=O) groups is 8. The molecule has 0 saturated carbocycles. The molecule has 48 heteroatoms. The van der Waals surface area contributed by atoms with E-state index in [9.17, 15) is 51.9 Å². The van der Waals surface area contributed by atoms with Gasteiger partial charge in [-0.3, -0.25) is 96.6 Å². The van der Waals surface area contributed by atoms with Crippen molar-refractivity contribution in [1.82, 2.24) is 78.4 Å². The van der Waals surface area contributed by atoms with Crippen molar-refractivity contribution in [2.24, 2.45) is 0 Å². The quantitative estimate of drug-likeness (QED) is 0.0537.